The maximum absolute atomic E-state index is 10.0. The lowest BCUT2D eigenvalue weighted by atomic mass is 9.93. The van der Waals surface area contributed by atoms with Crippen molar-refractivity contribution in [3.63, 3.8) is 0 Å². The van der Waals surface area contributed by atoms with Gasteiger partial charge in [0, 0.05) is 11.5 Å². The maximum atomic E-state index is 10.0. The quantitative estimate of drug-likeness (QED) is 0.899. The largest absolute Gasteiger partial charge is 0.508 e. The van der Waals surface area contributed by atoms with Crippen molar-refractivity contribution < 1.29 is 5.11 Å². The summed E-state index contributed by atoms with van der Waals surface area (Å²) in [6.07, 6.45) is 1.91. The molecule has 4 nitrogen and oxygen atoms in total. The maximum Gasteiger partial charge on any atom is 0.121 e. The molecule has 0 saturated carbocycles. The van der Waals surface area contributed by atoms with Gasteiger partial charge in [0.15, 0.2) is 0 Å². The van der Waals surface area contributed by atoms with Crippen molar-refractivity contribution in [1.29, 1.82) is 0 Å². The van der Waals surface area contributed by atoms with Gasteiger partial charge in [-0.3, -0.25) is 0 Å². The molecule has 19 heavy (non-hydrogen) atoms. The minimum Gasteiger partial charge on any atom is -0.508 e. The molecule has 0 atom stereocenters. The molecule has 0 spiro atoms. The number of phenols is 1. The predicted molar refractivity (Wildman–Crippen MR) is 75.8 cm³/mol. The van der Waals surface area contributed by atoms with E-state index in [0.29, 0.717) is 11.7 Å². The molecule has 0 aliphatic heterocycles. The van der Waals surface area contributed by atoms with Crippen molar-refractivity contribution >= 4 is 0 Å². The third-order valence-corrected chi connectivity index (χ3v) is 3.16. The molecule has 0 radical (unpaired) electrons. The minimum absolute atomic E-state index is 0.0296. The van der Waals surface area contributed by atoms with E-state index in [1.165, 1.54) is 0 Å². The molecule has 0 amide bonds. The number of phenolic OH excluding ortho intramolecular Hbond substituents is 1. The Morgan fingerprint density at radius 3 is 2.37 bits per heavy atom. The molecule has 0 fully saturated rings. The number of hydrogen-bond acceptors (Lipinski definition) is 3. The first-order chi connectivity index (χ1) is 8.79. The fourth-order valence-electron chi connectivity index (χ4n) is 1.90. The zero-order valence-corrected chi connectivity index (χ0v) is 12.2. The number of aromatic hydroxyl groups is 1. The molecule has 0 aliphatic rings. The molecule has 0 saturated heterocycles. The fourth-order valence-corrected chi connectivity index (χ4v) is 1.90. The van der Waals surface area contributed by atoms with Gasteiger partial charge in [0.25, 0.3) is 0 Å². The number of aromatic nitrogens is 3. The Bertz CT molecular complexity index is 579. The first kappa shape index (κ1) is 13.6. The lowest BCUT2D eigenvalue weighted by Crippen LogP contribution is -2.11. The van der Waals surface area contributed by atoms with Crippen molar-refractivity contribution in [2.45, 2.75) is 46.0 Å². The van der Waals surface area contributed by atoms with E-state index in [9.17, 15) is 5.11 Å². The molecule has 0 aliphatic carbocycles. The summed E-state index contributed by atoms with van der Waals surface area (Å²) >= 11 is 0. The van der Waals surface area contributed by atoms with E-state index in [-0.39, 0.29) is 5.41 Å². The van der Waals surface area contributed by atoms with E-state index >= 15 is 0 Å². The second kappa shape index (κ2) is 4.68. The lowest BCUT2D eigenvalue weighted by molar-refractivity contribution is 0.464. The van der Waals surface area contributed by atoms with Crippen LogP contribution in [0.4, 0.5) is 0 Å². The molecule has 1 aromatic heterocycles. The van der Waals surface area contributed by atoms with Gasteiger partial charge in [-0.25, -0.2) is 4.68 Å². The molecule has 1 N–H and O–H groups in total. The highest BCUT2D eigenvalue weighted by Crippen LogP contribution is 2.28. The second-order valence-electron chi connectivity index (χ2n) is 6.20. The number of hydrogen-bond donors (Lipinski definition) is 1. The van der Waals surface area contributed by atoms with Crippen LogP contribution in [0.15, 0.2) is 24.4 Å². The third-order valence-electron chi connectivity index (χ3n) is 3.16. The van der Waals surface area contributed by atoms with E-state index in [4.69, 9.17) is 0 Å². The van der Waals surface area contributed by atoms with Crippen LogP contribution in [0.25, 0.3) is 5.69 Å². The van der Waals surface area contributed by atoms with E-state index in [1.807, 2.05) is 18.3 Å². The fraction of sp³-hybridized carbons (Fsp3) is 0.467. The van der Waals surface area contributed by atoms with E-state index in [2.05, 4.69) is 44.9 Å². The van der Waals surface area contributed by atoms with E-state index < -0.39 is 0 Å². The van der Waals surface area contributed by atoms with Gasteiger partial charge in [-0.1, -0.05) is 45.9 Å². The number of rotatable bonds is 2. The van der Waals surface area contributed by atoms with Crippen LogP contribution in [-0.4, -0.2) is 20.1 Å². The molecule has 0 unspecified atom stereocenters. The topological polar surface area (TPSA) is 50.9 Å². The van der Waals surface area contributed by atoms with Crippen LogP contribution >= 0.6 is 0 Å². The van der Waals surface area contributed by atoms with Gasteiger partial charge in [0.1, 0.15) is 5.75 Å². The molecular formula is C15H21N3O. The molecule has 102 valence electrons. The zero-order valence-electron chi connectivity index (χ0n) is 12.2. The van der Waals surface area contributed by atoms with Crippen molar-refractivity contribution in [2.75, 3.05) is 0 Å². The summed E-state index contributed by atoms with van der Waals surface area (Å²) in [7, 11) is 0. The van der Waals surface area contributed by atoms with Gasteiger partial charge in [-0.05, 0) is 17.5 Å². The van der Waals surface area contributed by atoms with Crippen LogP contribution < -0.4 is 0 Å². The number of benzene rings is 1. The second-order valence-corrected chi connectivity index (χ2v) is 6.20. The van der Waals surface area contributed by atoms with Gasteiger partial charge in [0.05, 0.1) is 17.6 Å². The Labute approximate surface area is 114 Å². The summed E-state index contributed by atoms with van der Waals surface area (Å²) in [4.78, 5) is 0. The average Bonchev–Trinajstić information content (AvgIpc) is 2.76. The standard InChI is InChI=1S/C15H21N3O/c1-10(2)12-7-6-11(8-13(12)19)18-9-14(16-17-18)15(3,4)5/h6-10,19H,1-5H3. The summed E-state index contributed by atoms with van der Waals surface area (Å²) < 4.78 is 1.70. The third kappa shape index (κ3) is 2.78. The van der Waals surface area contributed by atoms with Crippen LogP contribution in [0.5, 0.6) is 5.75 Å². The van der Waals surface area contributed by atoms with Gasteiger partial charge in [-0.15, -0.1) is 5.10 Å². The Morgan fingerprint density at radius 1 is 1.21 bits per heavy atom. The van der Waals surface area contributed by atoms with E-state index in [1.54, 1.807) is 10.7 Å². The van der Waals surface area contributed by atoms with Crippen molar-refractivity contribution in [3.05, 3.63) is 35.7 Å². The summed E-state index contributed by atoms with van der Waals surface area (Å²) in [5.74, 6) is 0.607. The highest BCUT2D eigenvalue weighted by atomic mass is 16.3. The molecule has 4 heteroatoms. The molecule has 1 aromatic carbocycles. The predicted octanol–water partition coefficient (Wildman–Crippen LogP) is 3.39. The molecular weight excluding hydrogens is 238 g/mol. The lowest BCUT2D eigenvalue weighted by Gasteiger charge is -2.13. The first-order valence-electron chi connectivity index (χ1n) is 6.55. The SMILES string of the molecule is CC(C)c1ccc(-n2cc(C(C)(C)C)nn2)cc1O. The van der Waals surface area contributed by atoms with Gasteiger partial charge >= 0.3 is 0 Å². The van der Waals surface area contributed by atoms with Gasteiger partial charge < -0.3 is 5.11 Å². The Kier molecular flexibility index (Phi) is 3.35. The molecule has 2 rings (SSSR count). The van der Waals surface area contributed by atoms with E-state index in [0.717, 1.165) is 16.9 Å². The summed E-state index contributed by atoms with van der Waals surface area (Å²) in [5, 5.41) is 18.3. The first-order valence-corrected chi connectivity index (χ1v) is 6.55. The Balaban J connectivity index is 2.38. The van der Waals surface area contributed by atoms with Crippen LogP contribution in [0, 0.1) is 0 Å². The summed E-state index contributed by atoms with van der Waals surface area (Å²) in [6, 6.07) is 5.63. The number of nitrogens with zero attached hydrogens (tertiary/aromatic N) is 3. The normalized spacial score (nSPS) is 12.1. The Hall–Kier alpha value is -1.84. The monoisotopic (exact) mass is 259 g/mol. The molecule has 2 aromatic rings. The highest BCUT2D eigenvalue weighted by Gasteiger charge is 2.18. The smallest absolute Gasteiger partial charge is 0.121 e. The van der Waals surface area contributed by atoms with Crippen LogP contribution in [0.1, 0.15) is 51.8 Å². The minimum atomic E-state index is -0.0296. The van der Waals surface area contributed by atoms with Gasteiger partial charge in [0.2, 0.25) is 0 Å². The van der Waals surface area contributed by atoms with Crippen LogP contribution in [0.3, 0.4) is 0 Å². The average molecular weight is 259 g/mol. The van der Waals surface area contributed by atoms with Crippen molar-refractivity contribution in [3.8, 4) is 11.4 Å². The van der Waals surface area contributed by atoms with Crippen molar-refractivity contribution in [1.82, 2.24) is 15.0 Å². The highest BCUT2D eigenvalue weighted by molar-refractivity contribution is 5.44. The van der Waals surface area contributed by atoms with Crippen LogP contribution in [0.2, 0.25) is 0 Å². The van der Waals surface area contributed by atoms with Gasteiger partial charge in [-0.2, -0.15) is 0 Å². The molecule has 0 bridgehead atoms. The Morgan fingerprint density at radius 2 is 1.89 bits per heavy atom. The zero-order chi connectivity index (χ0) is 14.2. The summed E-state index contributed by atoms with van der Waals surface area (Å²) in [6.45, 7) is 10.4. The van der Waals surface area contributed by atoms with Crippen molar-refractivity contribution in [2.24, 2.45) is 0 Å². The molecule has 1 heterocycles. The van der Waals surface area contributed by atoms with Crippen LogP contribution in [-0.2, 0) is 5.41 Å². The summed E-state index contributed by atoms with van der Waals surface area (Å²) in [5.41, 5.74) is 2.67.